The van der Waals surface area contributed by atoms with E-state index in [1.807, 2.05) is 0 Å². The van der Waals surface area contributed by atoms with Gasteiger partial charge in [0.25, 0.3) is 0 Å². The summed E-state index contributed by atoms with van der Waals surface area (Å²) in [6.07, 6.45) is 3.73. The van der Waals surface area contributed by atoms with Gasteiger partial charge < -0.3 is 10.0 Å². The first kappa shape index (κ1) is 14.8. The maximum atomic E-state index is 14.1. The van der Waals surface area contributed by atoms with E-state index in [1.54, 1.807) is 12.1 Å². The first-order valence-electron chi connectivity index (χ1n) is 7.99. The molecule has 3 nitrogen and oxygen atoms in total. The number of nitrogens with zero attached hydrogens (tertiary/aromatic N) is 2. The molecule has 2 aliphatic heterocycles. The molecule has 4 heteroatoms. The van der Waals surface area contributed by atoms with E-state index < -0.39 is 0 Å². The van der Waals surface area contributed by atoms with Crippen LogP contribution in [-0.2, 0) is 0 Å². The van der Waals surface area contributed by atoms with Crippen molar-refractivity contribution in [2.24, 2.45) is 5.92 Å². The number of phenolic OH excluding ortho intramolecular Hbond substituents is 1. The molecule has 21 heavy (non-hydrogen) atoms. The second kappa shape index (κ2) is 5.93. The Hall–Kier alpha value is -1.13. The van der Waals surface area contributed by atoms with Crippen LogP contribution in [-0.4, -0.2) is 47.6 Å². The molecule has 3 atom stereocenters. The van der Waals surface area contributed by atoms with E-state index in [4.69, 9.17) is 0 Å². The molecule has 0 saturated carbocycles. The van der Waals surface area contributed by atoms with E-state index in [2.05, 4.69) is 23.8 Å². The molecule has 1 aromatic rings. The number of fused-ring (bicyclic) bond motifs is 1. The molecule has 0 amide bonds. The third-order valence-electron chi connectivity index (χ3n) is 5.36. The minimum absolute atomic E-state index is 0.00364. The van der Waals surface area contributed by atoms with Crippen molar-refractivity contribution >= 4 is 0 Å². The van der Waals surface area contributed by atoms with Gasteiger partial charge in [-0.05, 0) is 51.8 Å². The number of hydrogen-bond donors (Lipinski definition) is 1. The molecule has 2 heterocycles. The van der Waals surface area contributed by atoms with Crippen LogP contribution in [0.3, 0.4) is 0 Å². The number of phenols is 1. The first-order valence-corrected chi connectivity index (χ1v) is 7.99. The Morgan fingerprint density at radius 1 is 1.29 bits per heavy atom. The molecule has 0 radical (unpaired) electrons. The number of piperidine rings is 2. The molecule has 0 bridgehead atoms. The SMILES string of the molecule is CC(c1ccc(O)cc1F)N1CCC2C(CCCN2C)C1. The highest BCUT2D eigenvalue weighted by Gasteiger charge is 2.36. The van der Waals surface area contributed by atoms with Gasteiger partial charge in [0.15, 0.2) is 0 Å². The zero-order valence-electron chi connectivity index (χ0n) is 12.9. The summed E-state index contributed by atoms with van der Waals surface area (Å²) in [5.41, 5.74) is 0.690. The molecule has 3 unspecified atom stereocenters. The smallest absolute Gasteiger partial charge is 0.131 e. The zero-order chi connectivity index (χ0) is 15.0. The van der Waals surface area contributed by atoms with Gasteiger partial charge in [0.05, 0.1) is 0 Å². The highest BCUT2D eigenvalue weighted by Crippen LogP contribution is 2.34. The van der Waals surface area contributed by atoms with E-state index in [1.165, 1.54) is 31.9 Å². The molecule has 1 N–H and O–H groups in total. The summed E-state index contributed by atoms with van der Waals surface area (Å²) in [7, 11) is 2.23. The highest BCUT2D eigenvalue weighted by atomic mass is 19.1. The van der Waals surface area contributed by atoms with E-state index in [9.17, 15) is 9.50 Å². The van der Waals surface area contributed by atoms with Crippen molar-refractivity contribution in [2.75, 3.05) is 26.7 Å². The Morgan fingerprint density at radius 3 is 2.86 bits per heavy atom. The number of halogens is 1. The van der Waals surface area contributed by atoms with Gasteiger partial charge in [0.1, 0.15) is 11.6 Å². The fourth-order valence-corrected chi connectivity index (χ4v) is 4.08. The maximum absolute atomic E-state index is 14.1. The van der Waals surface area contributed by atoms with Gasteiger partial charge in [-0.15, -0.1) is 0 Å². The number of aromatic hydroxyl groups is 1. The molecule has 2 saturated heterocycles. The summed E-state index contributed by atoms with van der Waals surface area (Å²) in [6, 6.07) is 5.28. The summed E-state index contributed by atoms with van der Waals surface area (Å²) >= 11 is 0. The number of benzene rings is 1. The summed E-state index contributed by atoms with van der Waals surface area (Å²) < 4.78 is 14.1. The van der Waals surface area contributed by atoms with Gasteiger partial charge in [-0.2, -0.15) is 0 Å². The molecule has 116 valence electrons. The van der Waals surface area contributed by atoms with Gasteiger partial charge in [-0.1, -0.05) is 6.07 Å². The summed E-state index contributed by atoms with van der Waals surface area (Å²) in [5.74, 6) is 0.404. The minimum Gasteiger partial charge on any atom is -0.508 e. The van der Waals surface area contributed by atoms with Crippen molar-refractivity contribution in [3.8, 4) is 5.75 Å². The van der Waals surface area contributed by atoms with Gasteiger partial charge in [0, 0.05) is 36.8 Å². The summed E-state index contributed by atoms with van der Waals surface area (Å²) in [5, 5.41) is 9.35. The molecule has 3 rings (SSSR count). The number of likely N-dealkylation sites (tertiary alicyclic amines) is 2. The van der Waals surface area contributed by atoms with Crippen LogP contribution in [0.15, 0.2) is 18.2 Å². The van der Waals surface area contributed by atoms with Crippen molar-refractivity contribution in [2.45, 2.75) is 38.3 Å². The second-order valence-corrected chi connectivity index (χ2v) is 6.62. The van der Waals surface area contributed by atoms with Gasteiger partial charge >= 0.3 is 0 Å². The molecule has 0 aromatic heterocycles. The van der Waals surface area contributed by atoms with Crippen molar-refractivity contribution in [3.63, 3.8) is 0 Å². The molecular weight excluding hydrogens is 267 g/mol. The quantitative estimate of drug-likeness (QED) is 0.907. The standard InChI is InChI=1S/C17H25FN2O/c1-12(15-6-5-14(21)10-16(15)18)20-9-7-17-13(11-20)4-3-8-19(17)2/h5-6,10,12-13,17,21H,3-4,7-9,11H2,1-2H3. The first-order chi connectivity index (χ1) is 10.1. The molecule has 2 aliphatic rings. The average Bonchev–Trinajstić information content (AvgIpc) is 2.46. The largest absolute Gasteiger partial charge is 0.508 e. The van der Waals surface area contributed by atoms with Crippen molar-refractivity contribution in [3.05, 3.63) is 29.6 Å². The summed E-state index contributed by atoms with van der Waals surface area (Å²) in [4.78, 5) is 4.90. The van der Waals surface area contributed by atoms with E-state index in [-0.39, 0.29) is 17.6 Å². The van der Waals surface area contributed by atoms with Crippen LogP contribution < -0.4 is 0 Å². The van der Waals surface area contributed by atoms with Gasteiger partial charge in [-0.3, -0.25) is 4.90 Å². The van der Waals surface area contributed by atoms with Crippen LogP contribution in [0.2, 0.25) is 0 Å². The van der Waals surface area contributed by atoms with Crippen molar-refractivity contribution in [1.82, 2.24) is 9.80 Å². The molecule has 2 fully saturated rings. The maximum Gasteiger partial charge on any atom is 0.131 e. The fraction of sp³-hybridized carbons (Fsp3) is 0.647. The van der Waals surface area contributed by atoms with Crippen LogP contribution in [0.1, 0.15) is 37.8 Å². The minimum atomic E-state index is -0.301. The average molecular weight is 292 g/mol. The van der Waals surface area contributed by atoms with E-state index in [0.29, 0.717) is 17.5 Å². The Bertz CT molecular complexity index is 508. The van der Waals surface area contributed by atoms with Crippen molar-refractivity contribution in [1.29, 1.82) is 0 Å². The Morgan fingerprint density at radius 2 is 2.10 bits per heavy atom. The lowest BCUT2D eigenvalue weighted by molar-refractivity contribution is 0.0223. The molecule has 1 aromatic carbocycles. The van der Waals surface area contributed by atoms with Gasteiger partial charge in [0.2, 0.25) is 0 Å². The Kier molecular flexibility index (Phi) is 4.18. The molecule has 0 spiro atoms. The van der Waals surface area contributed by atoms with Gasteiger partial charge in [-0.25, -0.2) is 4.39 Å². The van der Waals surface area contributed by atoms with E-state index >= 15 is 0 Å². The van der Waals surface area contributed by atoms with Crippen LogP contribution in [0.5, 0.6) is 5.75 Å². The van der Waals surface area contributed by atoms with Crippen LogP contribution in [0, 0.1) is 11.7 Å². The number of hydrogen-bond acceptors (Lipinski definition) is 3. The van der Waals surface area contributed by atoms with Crippen LogP contribution >= 0.6 is 0 Å². The lowest BCUT2D eigenvalue weighted by atomic mass is 9.83. The molecule has 0 aliphatic carbocycles. The predicted molar refractivity (Wildman–Crippen MR) is 81.8 cm³/mol. The topological polar surface area (TPSA) is 26.7 Å². The van der Waals surface area contributed by atoms with Crippen LogP contribution in [0.4, 0.5) is 4.39 Å². The second-order valence-electron chi connectivity index (χ2n) is 6.62. The third-order valence-corrected chi connectivity index (χ3v) is 5.36. The fourth-order valence-electron chi connectivity index (χ4n) is 4.08. The number of rotatable bonds is 2. The van der Waals surface area contributed by atoms with E-state index in [0.717, 1.165) is 13.1 Å². The monoisotopic (exact) mass is 292 g/mol. The third kappa shape index (κ3) is 2.92. The van der Waals surface area contributed by atoms with Crippen LogP contribution in [0.25, 0.3) is 0 Å². The Balaban J connectivity index is 1.72. The Labute approximate surface area is 126 Å². The highest BCUT2D eigenvalue weighted by molar-refractivity contribution is 5.29. The predicted octanol–water partition coefficient (Wildman–Crippen LogP) is 3.01. The van der Waals surface area contributed by atoms with Crippen molar-refractivity contribution < 1.29 is 9.50 Å². The summed E-state index contributed by atoms with van der Waals surface area (Å²) in [6.45, 7) is 5.36. The lowest BCUT2D eigenvalue weighted by Gasteiger charge is -2.47. The molecular formula is C17H25FN2O. The lowest BCUT2D eigenvalue weighted by Crippen LogP contribution is -2.53. The normalized spacial score (nSPS) is 29.1. The zero-order valence-corrected chi connectivity index (χ0v) is 12.9.